The molecule has 0 atom stereocenters. The van der Waals surface area contributed by atoms with Crippen LogP contribution >= 0.6 is 0 Å². The Labute approximate surface area is 175 Å². The van der Waals surface area contributed by atoms with Crippen molar-refractivity contribution in [2.24, 2.45) is 0 Å². The van der Waals surface area contributed by atoms with Crippen molar-refractivity contribution in [3.05, 3.63) is 89.2 Å². The van der Waals surface area contributed by atoms with E-state index in [-0.39, 0.29) is 29.2 Å². The average Bonchev–Trinajstić information content (AvgIpc) is 2.77. The number of nitrogens with one attached hydrogen (secondary N) is 2. The predicted molar refractivity (Wildman–Crippen MR) is 115 cm³/mol. The lowest BCUT2D eigenvalue weighted by Gasteiger charge is -2.09. The molecule has 0 fully saturated rings. The molecule has 6 heteroatoms. The normalized spacial score (nSPS) is 10.3. The molecule has 0 unspecified atom stereocenters. The number of pyridine rings is 1. The van der Waals surface area contributed by atoms with Crippen LogP contribution in [0.3, 0.4) is 0 Å². The first kappa shape index (κ1) is 20.7. The number of rotatable bonds is 6. The first-order valence-electron chi connectivity index (χ1n) is 9.62. The third-order valence-corrected chi connectivity index (χ3v) is 4.39. The van der Waals surface area contributed by atoms with Crippen LogP contribution in [0.4, 0.5) is 0 Å². The quantitative estimate of drug-likeness (QED) is 0.662. The largest absolute Gasteiger partial charge is 0.349 e. The smallest absolute Gasteiger partial charge is 0.270 e. The summed E-state index contributed by atoms with van der Waals surface area (Å²) in [6.07, 6.45) is 0. The van der Waals surface area contributed by atoms with Crippen molar-refractivity contribution in [1.29, 1.82) is 5.26 Å². The van der Waals surface area contributed by atoms with Crippen LogP contribution in [0.1, 0.15) is 46.0 Å². The molecule has 1 aromatic heterocycles. The molecule has 1 heterocycles. The fraction of sp³-hybridized carbons (Fsp3) is 0.167. The molecule has 0 saturated carbocycles. The fourth-order valence-electron chi connectivity index (χ4n) is 2.85. The molecule has 3 rings (SSSR count). The Hall–Kier alpha value is -3.98. The van der Waals surface area contributed by atoms with E-state index in [1.165, 1.54) is 0 Å². The monoisotopic (exact) mass is 398 g/mol. The molecular formula is C24H22N4O2. The predicted octanol–water partition coefficient (Wildman–Crippen LogP) is 3.69. The van der Waals surface area contributed by atoms with Crippen molar-refractivity contribution in [3.8, 4) is 17.2 Å². The highest BCUT2D eigenvalue weighted by molar-refractivity contribution is 5.96. The Kier molecular flexibility index (Phi) is 6.56. The summed E-state index contributed by atoms with van der Waals surface area (Å²) in [5.74, 6) is -0.650. The fourth-order valence-corrected chi connectivity index (χ4v) is 2.85. The van der Waals surface area contributed by atoms with Gasteiger partial charge >= 0.3 is 0 Å². The molecule has 0 aliphatic heterocycles. The number of nitriles is 1. The molecule has 2 amide bonds. The molecule has 0 aliphatic carbocycles. The van der Waals surface area contributed by atoms with Crippen molar-refractivity contribution in [3.63, 3.8) is 0 Å². The van der Waals surface area contributed by atoms with E-state index < -0.39 is 0 Å². The van der Waals surface area contributed by atoms with Gasteiger partial charge in [0.05, 0.1) is 11.6 Å². The summed E-state index contributed by atoms with van der Waals surface area (Å²) < 4.78 is 0. The van der Waals surface area contributed by atoms with E-state index in [2.05, 4.69) is 21.7 Å². The van der Waals surface area contributed by atoms with E-state index in [1.807, 2.05) is 50.2 Å². The Morgan fingerprint density at radius 1 is 0.900 bits per heavy atom. The van der Waals surface area contributed by atoms with Crippen molar-refractivity contribution < 1.29 is 9.59 Å². The molecule has 0 aliphatic rings. The van der Waals surface area contributed by atoms with Crippen LogP contribution < -0.4 is 10.6 Å². The highest BCUT2D eigenvalue weighted by Gasteiger charge is 2.13. The van der Waals surface area contributed by atoms with Crippen molar-refractivity contribution in [2.75, 3.05) is 0 Å². The molecule has 0 saturated heterocycles. The Morgan fingerprint density at radius 3 is 2.03 bits per heavy atom. The zero-order valence-electron chi connectivity index (χ0n) is 16.8. The standard InChI is InChI=1S/C24H22N4O2/c1-16(2)27-24(30)22-5-3-4-21(28-22)23(29)26-15-18-8-12-20(13-9-18)19-10-6-17(14-25)7-11-19/h3-13,16H,15H2,1-2H3,(H,26,29)(H,27,30). The van der Waals surface area contributed by atoms with Gasteiger partial charge in [-0.3, -0.25) is 9.59 Å². The molecule has 2 aromatic carbocycles. The summed E-state index contributed by atoms with van der Waals surface area (Å²) in [7, 11) is 0. The number of carbonyl (C=O) groups is 2. The number of carbonyl (C=O) groups excluding carboxylic acids is 2. The van der Waals surface area contributed by atoms with E-state index in [0.29, 0.717) is 12.1 Å². The third-order valence-electron chi connectivity index (χ3n) is 4.39. The molecule has 150 valence electrons. The van der Waals surface area contributed by atoms with Crippen LogP contribution in [0.5, 0.6) is 0 Å². The molecular weight excluding hydrogens is 376 g/mol. The zero-order valence-corrected chi connectivity index (χ0v) is 16.8. The zero-order chi connectivity index (χ0) is 21.5. The summed E-state index contributed by atoms with van der Waals surface area (Å²) in [6.45, 7) is 4.07. The lowest BCUT2D eigenvalue weighted by molar-refractivity contribution is 0.0936. The van der Waals surface area contributed by atoms with Crippen LogP contribution in [0.25, 0.3) is 11.1 Å². The second-order valence-electron chi connectivity index (χ2n) is 7.10. The molecule has 2 N–H and O–H groups in total. The van der Waals surface area contributed by atoms with Gasteiger partial charge in [-0.2, -0.15) is 5.26 Å². The molecule has 3 aromatic rings. The van der Waals surface area contributed by atoms with Gasteiger partial charge in [-0.15, -0.1) is 0 Å². The first-order valence-corrected chi connectivity index (χ1v) is 9.62. The van der Waals surface area contributed by atoms with Crippen LogP contribution in [0, 0.1) is 11.3 Å². The van der Waals surface area contributed by atoms with Gasteiger partial charge in [-0.25, -0.2) is 4.98 Å². The Morgan fingerprint density at radius 2 is 1.47 bits per heavy atom. The van der Waals surface area contributed by atoms with Crippen molar-refractivity contribution in [1.82, 2.24) is 15.6 Å². The van der Waals surface area contributed by atoms with E-state index in [9.17, 15) is 9.59 Å². The lowest BCUT2D eigenvalue weighted by Crippen LogP contribution is -2.31. The van der Waals surface area contributed by atoms with Gasteiger partial charge in [0.2, 0.25) is 0 Å². The van der Waals surface area contributed by atoms with Gasteiger partial charge in [-0.05, 0) is 54.8 Å². The van der Waals surface area contributed by atoms with Gasteiger partial charge in [-0.1, -0.05) is 42.5 Å². The highest BCUT2D eigenvalue weighted by Crippen LogP contribution is 2.20. The number of amides is 2. The second kappa shape index (κ2) is 9.48. The Bertz CT molecular complexity index is 1080. The molecule has 0 spiro atoms. The molecule has 6 nitrogen and oxygen atoms in total. The summed E-state index contributed by atoms with van der Waals surface area (Å²) in [4.78, 5) is 28.7. The number of nitrogens with zero attached hydrogens (tertiary/aromatic N) is 2. The van der Waals surface area contributed by atoms with Crippen LogP contribution in [-0.2, 0) is 6.54 Å². The number of hydrogen-bond donors (Lipinski definition) is 2. The van der Waals surface area contributed by atoms with E-state index in [4.69, 9.17) is 5.26 Å². The maximum atomic E-state index is 12.4. The van der Waals surface area contributed by atoms with Crippen LogP contribution in [0.15, 0.2) is 66.7 Å². The van der Waals surface area contributed by atoms with Crippen LogP contribution in [-0.4, -0.2) is 22.8 Å². The average molecular weight is 398 g/mol. The summed E-state index contributed by atoms with van der Waals surface area (Å²) >= 11 is 0. The SMILES string of the molecule is CC(C)NC(=O)c1cccc(C(=O)NCc2ccc(-c3ccc(C#N)cc3)cc2)n1. The van der Waals surface area contributed by atoms with Gasteiger partial charge in [0.15, 0.2) is 0 Å². The minimum atomic E-state index is -0.342. The minimum Gasteiger partial charge on any atom is -0.349 e. The summed E-state index contributed by atoms with van der Waals surface area (Å²) in [5, 5.41) is 14.5. The molecule has 0 radical (unpaired) electrons. The molecule has 30 heavy (non-hydrogen) atoms. The number of hydrogen-bond acceptors (Lipinski definition) is 4. The second-order valence-corrected chi connectivity index (χ2v) is 7.10. The van der Waals surface area contributed by atoms with Crippen molar-refractivity contribution >= 4 is 11.8 Å². The van der Waals surface area contributed by atoms with Gasteiger partial charge < -0.3 is 10.6 Å². The van der Waals surface area contributed by atoms with Gasteiger partial charge in [0.25, 0.3) is 11.8 Å². The van der Waals surface area contributed by atoms with Crippen LogP contribution in [0.2, 0.25) is 0 Å². The Balaban J connectivity index is 1.62. The van der Waals surface area contributed by atoms with Gasteiger partial charge in [0, 0.05) is 12.6 Å². The van der Waals surface area contributed by atoms with Gasteiger partial charge in [0.1, 0.15) is 11.4 Å². The maximum absolute atomic E-state index is 12.4. The number of benzene rings is 2. The number of aromatic nitrogens is 1. The lowest BCUT2D eigenvalue weighted by atomic mass is 10.0. The van der Waals surface area contributed by atoms with E-state index in [0.717, 1.165) is 16.7 Å². The third kappa shape index (κ3) is 5.30. The summed E-state index contributed by atoms with van der Waals surface area (Å²) in [6, 6.07) is 22.1. The molecule has 0 bridgehead atoms. The van der Waals surface area contributed by atoms with E-state index >= 15 is 0 Å². The van der Waals surface area contributed by atoms with Crippen molar-refractivity contribution in [2.45, 2.75) is 26.4 Å². The topological polar surface area (TPSA) is 94.9 Å². The minimum absolute atomic E-state index is 0.0102. The maximum Gasteiger partial charge on any atom is 0.270 e. The highest BCUT2D eigenvalue weighted by atomic mass is 16.2. The first-order chi connectivity index (χ1) is 14.5. The van der Waals surface area contributed by atoms with E-state index in [1.54, 1.807) is 30.3 Å². The summed E-state index contributed by atoms with van der Waals surface area (Å²) in [5.41, 5.74) is 4.01.